The molecule has 96 valence electrons. The second kappa shape index (κ2) is 7.14. The lowest BCUT2D eigenvalue weighted by Gasteiger charge is -2.30. The van der Waals surface area contributed by atoms with Gasteiger partial charge in [0.05, 0.1) is 0 Å². The zero-order chi connectivity index (χ0) is 11.9. The van der Waals surface area contributed by atoms with E-state index in [0.717, 1.165) is 19.0 Å². The van der Waals surface area contributed by atoms with E-state index in [2.05, 4.69) is 34.7 Å². The Kier molecular flexibility index (Phi) is 5.49. The molecule has 17 heavy (non-hydrogen) atoms. The highest BCUT2D eigenvalue weighted by molar-refractivity contribution is 7.09. The fraction of sp³-hybridized carbons (Fsp3) is 0.714. The molecule has 0 amide bonds. The molecule has 0 saturated carbocycles. The van der Waals surface area contributed by atoms with Crippen LogP contribution in [-0.4, -0.2) is 31.1 Å². The lowest BCUT2D eigenvalue weighted by Crippen LogP contribution is -2.36. The van der Waals surface area contributed by atoms with Gasteiger partial charge in [-0.2, -0.15) is 0 Å². The molecule has 1 aliphatic heterocycles. The van der Waals surface area contributed by atoms with E-state index in [1.54, 1.807) is 0 Å². The molecule has 0 aliphatic carbocycles. The first-order valence-electron chi connectivity index (χ1n) is 6.80. The zero-order valence-electron chi connectivity index (χ0n) is 10.8. The van der Waals surface area contributed by atoms with Gasteiger partial charge < -0.3 is 10.2 Å². The fourth-order valence-corrected chi connectivity index (χ4v) is 3.22. The predicted octanol–water partition coefficient (Wildman–Crippen LogP) is 2.96. The molecule has 1 saturated heterocycles. The second-order valence-corrected chi connectivity index (χ2v) is 6.19. The van der Waals surface area contributed by atoms with Crippen LogP contribution in [0.15, 0.2) is 17.5 Å². The summed E-state index contributed by atoms with van der Waals surface area (Å²) in [6.07, 6.45) is 4.09. The number of likely N-dealkylation sites (tertiary alicyclic amines) is 1. The summed E-state index contributed by atoms with van der Waals surface area (Å²) >= 11 is 1.84. The van der Waals surface area contributed by atoms with E-state index < -0.39 is 0 Å². The SMILES string of the molecule is CC1CCCN(CCCNCc2cccs2)C1. The van der Waals surface area contributed by atoms with Crippen LogP contribution in [0.3, 0.4) is 0 Å². The molecule has 1 fully saturated rings. The van der Waals surface area contributed by atoms with Crippen molar-refractivity contribution in [2.75, 3.05) is 26.2 Å². The average molecular weight is 252 g/mol. The number of thiophene rings is 1. The van der Waals surface area contributed by atoms with Gasteiger partial charge in [-0.3, -0.25) is 0 Å². The van der Waals surface area contributed by atoms with E-state index in [4.69, 9.17) is 0 Å². The molecule has 0 bridgehead atoms. The highest BCUT2D eigenvalue weighted by Crippen LogP contribution is 2.15. The molecule has 1 N–H and O–H groups in total. The maximum absolute atomic E-state index is 3.52. The van der Waals surface area contributed by atoms with Crippen LogP contribution < -0.4 is 5.32 Å². The summed E-state index contributed by atoms with van der Waals surface area (Å²) in [6, 6.07) is 4.32. The third-order valence-electron chi connectivity index (χ3n) is 3.45. The van der Waals surface area contributed by atoms with Crippen molar-refractivity contribution in [1.29, 1.82) is 0 Å². The lowest BCUT2D eigenvalue weighted by atomic mass is 10.0. The van der Waals surface area contributed by atoms with Crippen LogP contribution in [0, 0.1) is 5.92 Å². The highest BCUT2D eigenvalue weighted by atomic mass is 32.1. The number of nitrogens with one attached hydrogen (secondary N) is 1. The van der Waals surface area contributed by atoms with Gasteiger partial charge in [0.2, 0.25) is 0 Å². The van der Waals surface area contributed by atoms with Gasteiger partial charge in [-0.25, -0.2) is 0 Å². The summed E-state index contributed by atoms with van der Waals surface area (Å²) in [5.41, 5.74) is 0. The molecule has 1 aromatic rings. The number of hydrogen-bond acceptors (Lipinski definition) is 3. The van der Waals surface area contributed by atoms with Gasteiger partial charge in [0.1, 0.15) is 0 Å². The van der Waals surface area contributed by atoms with Gasteiger partial charge in [0.25, 0.3) is 0 Å². The summed E-state index contributed by atoms with van der Waals surface area (Å²) in [6.45, 7) is 8.44. The molecule has 1 unspecified atom stereocenters. The molecule has 1 atom stereocenters. The maximum atomic E-state index is 3.52. The van der Waals surface area contributed by atoms with E-state index in [9.17, 15) is 0 Å². The van der Waals surface area contributed by atoms with Crippen LogP contribution in [0.2, 0.25) is 0 Å². The van der Waals surface area contributed by atoms with E-state index >= 15 is 0 Å². The van der Waals surface area contributed by atoms with Gasteiger partial charge in [-0.05, 0) is 56.3 Å². The minimum atomic E-state index is 0.905. The number of nitrogens with zero attached hydrogens (tertiary/aromatic N) is 1. The van der Waals surface area contributed by atoms with Crippen molar-refractivity contribution in [2.45, 2.75) is 32.7 Å². The Morgan fingerprint density at radius 3 is 3.24 bits per heavy atom. The van der Waals surface area contributed by atoms with Gasteiger partial charge in [0.15, 0.2) is 0 Å². The number of hydrogen-bond donors (Lipinski definition) is 1. The van der Waals surface area contributed by atoms with Crippen LogP contribution in [0.1, 0.15) is 31.1 Å². The fourth-order valence-electron chi connectivity index (χ4n) is 2.54. The third-order valence-corrected chi connectivity index (χ3v) is 4.32. The Morgan fingerprint density at radius 1 is 1.53 bits per heavy atom. The Bertz CT molecular complexity index is 297. The normalized spacial score (nSPS) is 21.8. The Morgan fingerprint density at radius 2 is 2.47 bits per heavy atom. The summed E-state index contributed by atoms with van der Waals surface area (Å²) in [5.74, 6) is 0.905. The quantitative estimate of drug-likeness (QED) is 0.783. The van der Waals surface area contributed by atoms with Crippen molar-refractivity contribution in [2.24, 2.45) is 5.92 Å². The van der Waals surface area contributed by atoms with Crippen LogP contribution in [-0.2, 0) is 6.54 Å². The molecule has 0 radical (unpaired) electrons. The minimum absolute atomic E-state index is 0.905. The van der Waals surface area contributed by atoms with Crippen LogP contribution in [0.25, 0.3) is 0 Å². The number of piperidine rings is 1. The second-order valence-electron chi connectivity index (χ2n) is 5.16. The molecule has 0 aromatic carbocycles. The van der Waals surface area contributed by atoms with E-state index in [1.807, 2.05) is 11.3 Å². The topological polar surface area (TPSA) is 15.3 Å². The largest absolute Gasteiger partial charge is 0.312 e. The maximum Gasteiger partial charge on any atom is 0.0299 e. The Labute approximate surface area is 109 Å². The molecule has 1 aliphatic rings. The molecular weight excluding hydrogens is 228 g/mol. The van der Waals surface area contributed by atoms with Gasteiger partial charge in [0, 0.05) is 18.0 Å². The van der Waals surface area contributed by atoms with Crippen molar-refractivity contribution < 1.29 is 0 Å². The van der Waals surface area contributed by atoms with Crippen molar-refractivity contribution in [3.8, 4) is 0 Å². The van der Waals surface area contributed by atoms with Crippen LogP contribution >= 0.6 is 11.3 Å². The molecule has 2 rings (SSSR count). The smallest absolute Gasteiger partial charge is 0.0299 e. The van der Waals surface area contributed by atoms with Crippen molar-refractivity contribution in [3.05, 3.63) is 22.4 Å². The first-order chi connectivity index (χ1) is 8.34. The average Bonchev–Trinajstić information content (AvgIpc) is 2.82. The molecule has 2 heterocycles. The monoisotopic (exact) mass is 252 g/mol. The van der Waals surface area contributed by atoms with E-state index in [0.29, 0.717) is 0 Å². The first-order valence-corrected chi connectivity index (χ1v) is 7.68. The lowest BCUT2D eigenvalue weighted by molar-refractivity contribution is 0.182. The third kappa shape index (κ3) is 4.78. The predicted molar refractivity (Wildman–Crippen MR) is 75.5 cm³/mol. The van der Waals surface area contributed by atoms with Crippen LogP contribution in [0.5, 0.6) is 0 Å². The molecule has 1 aromatic heterocycles. The molecule has 2 nitrogen and oxygen atoms in total. The van der Waals surface area contributed by atoms with Crippen molar-refractivity contribution >= 4 is 11.3 Å². The van der Waals surface area contributed by atoms with Gasteiger partial charge >= 0.3 is 0 Å². The minimum Gasteiger partial charge on any atom is -0.312 e. The van der Waals surface area contributed by atoms with Crippen molar-refractivity contribution in [3.63, 3.8) is 0 Å². The number of rotatable bonds is 6. The van der Waals surface area contributed by atoms with Gasteiger partial charge in [-0.15, -0.1) is 11.3 Å². The summed E-state index contributed by atoms with van der Waals surface area (Å²) in [5, 5.41) is 5.67. The van der Waals surface area contributed by atoms with E-state index in [-0.39, 0.29) is 0 Å². The van der Waals surface area contributed by atoms with Crippen molar-refractivity contribution in [1.82, 2.24) is 10.2 Å². The standard InChI is InChI=1S/C14H24N2S/c1-13-5-2-8-16(12-13)9-4-7-15-11-14-6-3-10-17-14/h3,6,10,13,15H,2,4-5,7-9,11-12H2,1H3. The molecule has 3 heteroatoms. The summed E-state index contributed by atoms with van der Waals surface area (Å²) in [7, 11) is 0. The van der Waals surface area contributed by atoms with Gasteiger partial charge in [-0.1, -0.05) is 13.0 Å². The van der Waals surface area contributed by atoms with Crippen LogP contribution in [0.4, 0.5) is 0 Å². The molecular formula is C14H24N2S. The van der Waals surface area contributed by atoms with E-state index in [1.165, 1.54) is 43.8 Å². The molecule has 0 spiro atoms. The Hall–Kier alpha value is -0.380. The Balaban J connectivity index is 1.51. The zero-order valence-corrected chi connectivity index (χ0v) is 11.6. The first kappa shape index (κ1) is 13.1. The highest BCUT2D eigenvalue weighted by Gasteiger charge is 2.14. The summed E-state index contributed by atoms with van der Waals surface area (Å²) in [4.78, 5) is 4.07. The summed E-state index contributed by atoms with van der Waals surface area (Å²) < 4.78 is 0.